The SMILES string of the molecule is Cc1nn(C)cc1-c1nc2ncc(Cl)c(Oc3ccc(C(=O)N4CC[C@H](CC(=O)N5CCCC6(CCN(c7ccc([C@@H]8CCC(=O)NC8=O)cc7)C6)C5)C4)cc3)c2[nH]1. The molecule has 4 fully saturated rings. The largest absolute Gasteiger partial charge is 0.453 e. The summed E-state index contributed by atoms with van der Waals surface area (Å²) in [4.78, 5) is 69.9. The van der Waals surface area contributed by atoms with Crippen molar-refractivity contribution in [2.24, 2.45) is 18.4 Å². The second kappa shape index (κ2) is 15.2. The van der Waals surface area contributed by atoms with E-state index in [4.69, 9.17) is 16.3 Å². The lowest BCUT2D eigenvalue weighted by Gasteiger charge is -2.41. The number of hydrogen-bond donors (Lipinski definition) is 2. The molecule has 1 spiro atoms. The molecule has 58 heavy (non-hydrogen) atoms. The van der Waals surface area contributed by atoms with Crippen LogP contribution in [0.2, 0.25) is 5.02 Å². The van der Waals surface area contributed by atoms with Gasteiger partial charge in [0, 0.05) is 82.0 Å². The number of aryl methyl sites for hydroxylation is 2. The molecule has 15 heteroatoms. The molecular weight excluding hydrogens is 758 g/mol. The van der Waals surface area contributed by atoms with Crippen LogP contribution in [0.5, 0.6) is 11.5 Å². The minimum Gasteiger partial charge on any atom is -0.453 e. The highest BCUT2D eigenvalue weighted by molar-refractivity contribution is 6.32. The van der Waals surface area contributed by atoms with Crippen molar-refractivity contribution >= 4 is 52.1 Å². The molecule has 5 aromatic rings. The highest BCUT2D eigenvalue weighted by Crippen LogP contribution is 2.42. The fraction of sp³-hybridized carbons (Fsp3) is 0.419. The average Bonchev–Trinajstić information content (AvgIpc) is 4.03. The van der Waals surface area contributed by atoms with Crippen molar-refractivity contribution in [3.05, 3.63) is 82.8 Å². The van der Waals surface area contributed by atoms with Crippen molar-refractivity contribution in [3.63, 3.8) is 0 Å². The molecule has 3 aromatic heterocycles. The third-order valence-electron chi connectivity index (χ3n) is 12.4. The third kappa shape index (κ3) is 7.41. The normalized spacial score (nSPS) is 22.3. The highest BCUT2D eigenvalue weighted by atomic mass is 35.5. The minimum atomic E-state index is -0.293. The molecule has 0 aliphatic carbocycles. The number of amides is 4. The van der Waals surface area contributed by atoms with E-state index in [0.717, 1.165) is 74.4 Å². The molecule has 4 amide bonds. The van der Waals surface area contributed by atoms with Gasteiger partial charge in [-0.05, 0) is 86.9 Å². The lowest BCUT2D eigenvalue weighted by Crippen LogP contribution is -2.47. The van der Waals surface area contributed by atoms with Crippen molar-refractivity contribution in [2.45, 2.75) is 57.8 Å². The summed E-state index contributed by atoms with van der Waals surface area (Å²) < 4.78 is 7.95. The monoisotopic (exact) mass is 803 g/mol. The molecule has 4 saturated heterocycles. The van der Waals surface area contributed by atoms with Gasteiger partial charge in [0.05, 0.1) is 23.4 Å². The van der Waals surface area contributed by atoms with Crippen molar-refractivity contribution < 1.29 is 23.9 Å². The van der Waals surface area contributed by atoms with Gasteiger partial charge in [-0.2, -0.15) is 5.10 Å². The molecule has 3 atom stereocenters. The Balaban J connectivity index is 0.780. The first-order valence-electron chi connectivity index (χ1n) is 20.1. The number of halogens is 1. The van der Waals surface area contributed by atoms with Gasteiger partial charge in [0.15, 0.2) is 11.4 Å². The predicted octanol–water partition coefficient (Wildman–Crippen LogP) is 6.00. The molecule has 4 aliphatic heterocycles. The summed E-state index contributed by atoms with van der Waals surface area (Å²) >= 11 is 6.54. The molecule has 300 valence electrons. The van der Waals surface area contributed by atoms with Gasteiger partial charge in [0.2, 0.25) is 17.7 Å². The summed E-state index contributed by atoms with van der Waals surface area (Å²) in [6.45, 7) is 6.41. The van der Waals surface area contributed by atoms with Gasteiger partial charge in [-0.15, -0.1) is 0 Å². The molecule has 4 aliphatic rings. The third-order valence-corrected chi connectivity index (χ3v) is 12.7. The topological polar surface area (TPSA) is 159 Å². The first-order chi connectivity index (χ1) is 28.0. The zero-order chi connectivity index (χ0) is 40.1. The molecule has 7 heterocycles. The van der Waals surface area contributed by atoms with Crippen LogP contribution in [0.3, 0.4) is 0 Å². The number of imidazole rings is 1. The van der Waals surface area contributed by atoms with E-state index in [1.165, 1.54) is 6.20 Å². The number of H-pyrrole nitrogens is 1. The van der Waals surface area contributed by atoms with Crippen LogP contribution in [0.1, 0.15) is 72.5 Å². The Morgan fingerprint density at radius 3 is 2.55 bits per heavy atom. The molecule has 0 bridgehead atoms. The first kappa shape index (κ1) is 37.8. The van der Waals surface area contributed by atoms with Crippen LogP contribution in [-0.4, -0.2) is 97.4 Å². The van der Waals surface area contributed by atoms with Crippen molar-refractivity contribution in [3.8, 4) is 22.9 Å². The van der Waals surface area contributed by atoms with Crippen LogP contribution in [0, 0.1) is 18.3 Å². The second-order valence-electron chi connectivity index (χ2n) is 16.4. The number of aromatic amines is 1. The number of nitrogens with zero attached hydrogens (tertiary/aromatic N) is 7. The van der Waals surface area contributed by atoms with E-state index in [9.17, 15) is 19.2 Å². The van der Waals surface area contributed by atoms with Gasteiger partial charge < -0.3 is 24.4 Å². The fourth-order valence-corrected chi connectivity index (χ4v) is 9.52. The maximum atomic E-state index is 13.7. The van der Waals surface area contributed by atoms with E-state index in [0.29, 0.717) is 71.4 Å². The number of pyridine rings is 1. The number of ether oxygens (including phenoxy) is 1. The molecular formula is C43H46ClN9O5. The maximum Gasteiger partial charge on any atom is 0.253 e. The number of benzene rings is 2. The number of piperidine rings is 2. The van der Waals surface area contributed by atoms with Crippen LogP contribution < -0.4 is 15.0 Å². The Kier molecular flexibility index (Phi) is 9.91. The van der Waals surface area contributed by atoms with Gasteiger partial charge in [0.25, 0.3) is 5.91 Å². The number of rotatable bonds is 8. The first-order valence-corrected chi connectivity index (χ1v) is 20.5. The summed E-state index contributed by atoms with van der Waals surface area (Å²) in [5.74, 6) is 1.02. The Bertz CT molecular complexity index is 2410. The van der Waals surface area contributed by atoms with Crippen LogP contribution >= 0.6 is 11.6 Å². The van der Waals surface area contributed by atoms with Gasteiger partial charge in [-0.3, -0.25) is 29.2 Å². The van der Waals surface area contributed by atoms with Crippen molar-refractivity contribution in [2.75, 3.05) is 44.2 Å². The minimum absolute atomic E-state index is 0.0543. The maximum absolute atomic E-state index is 13.7. The number of carbonyl (C=O) groups excluding carboxylic acids is 4. The second-order valence-corrected chi connectivity index (χ2v) is 16.9. The summed E-state index contributed by atoms with van der Waals surface area (Å²) in [6.07, 6.45) is 8.62. The lowest BCUT2D eigenvalue weighted by molar-refractivity contribution is -0.136. The summed E-state index contributed by atoms with van der Waals surface area (Å²) in [5.41, 5.74) is 5.36. The van der Waals surface area contributed by atoms with E-state index in [2.05, 4.69) is 47.3 Å². The van der Waals surface area contributed by atoms with Gasteiger partial charge >= 0.3 is 0 Å². The number of carbonyl (C=O) groups is 4. The number of hydrogen-bond acceptors (Lipinski definition) is 9. The number of anilines is 1. The van der Waals surface area contributed by atoms with Crippen LogP contribution in [0.15, 0.2) is 60.9 Å². The highest BCUT2D eigenvalue weighted by Gasteiger charge is 2.43. The zero-order valence-electron chi connectivity index (χ0n) is 32.7. The Labute approximate surface area is 340 Å². The molecule has 2 aromatic carbocycles. The number of imide groups is 1. The molecule has 2 N–H and O–H groups in total. The lowest BCUT2D eigenvalue weighted by atomic mass is 9.79. The van der Waals surface area contributed by atoms with Crippen LogP contribution in [-0.2, 0) is 21.4 Å². The number of nitrogens with one attached hydrogen (secondary N) is 2. The molecule has 14 nitrogen and oxygen atoms in total. The zero-order valence-corrected chi connectivity index (χ0v) is 33.4. The van der Waals surface area contributed by atoms with Crippen LogP contribution in [0.4, 0.5) is 5.69 Å². The molecule has 1 unspecified atom stereocenters. The van der Waals surface area contributed by atoms with Crippen molar-refractivity contribution in [1.82, 2.24) is 39.8 Å². The number of aromatic nitrogens is 5. The van der Waals surface area contributed by atoms with Crippen LogP contribution in [0.25, 0.3) is 22.6 Å². The van der Waals surface area contributed by atoms with E-state index >= 15 is 0 Å². The Morgan fingerprint density at radius 1 is 0.983 bits per heavy atom. The molecule has 0 radical (unpaired) electrons. The predicted molar refractivity (Wildman–Crippen MR) is 218 cm³/mol. The standard InChI is InChI=1S/C43H46ClN9O5/c1-26-33(23-50(2)49-26)39-47-37-38(34(44)21-45-40(37)48-39)58-31-10-6-29(7-11-31)42(57)51-18-14-27(22-51)20-36(55)53-17-3-15-43(25-53)16-19-52(24-43)30-8-4-28(5-9-30)32-12-13-35(54)46-41(32)56/h4-11,21,23,27,32H,3,12-20,22,24-25H2,1-2H3,(H,45,47,48)(H,46,54,56)/t27-,32+,43?/m1/s1. The number of likely N-dealkylation sites (tertiary alicyclic amines) is 2. The van der Waals surface area contributed by atoms with E-state index in [1.807, 2.05) is 37.2 Å². The Hall–Kier alpha value is -5.76. The molecule has 0 saturated carbocycles. The fourth-order valence-electron chi connectivity index (χ4n) is 9.34. The molecule has 9 rings (SSSR count). The van der Waals surface area contributed by atoms with Gasteiger partial charge in [0.1, 0.15) is 22.1 Å². The quantitative estimate of drug-likeness (QED) is 0.180. The average molecular weight is 804 g/mol. The van der Waals surface area contributed by atoms with Gasteiger partial charge in [-0.1, -0.05) is 23.7 Å². The summed E-state index contributed by atoms with van der Waals surface area (Å²) in [6, 6.07) is 15.2. The van der Waals surface area contributed by atoms with E-state index < -0.39 is 0 Å². The smallest absolute Gasteiger partial charge is 0.253 e. The number of fused-ring (bicyclic) bond motifs is 1. The summed E-state index contributed by atoms with van der Waals surface area (Å²) in [5, 5.41) is 7.18. The van der Waals surface area contributed by atoms with Crippen molar-refractivity contribution in [1.29, 1.82) is 0 Å². The van der Waals surface area contributed by atoms with E-state index in [-0.39, 0.29) is 40.9 Å². The Morgan fingerprint density at radius 2 is 1.79 bits per heavy atom. The van der Waals surface area contributed by atoms with Gasteiger partial charge in [-0.25, -0.2) is 9.97 Å². The summed E-state index contributed by atoms with van der Waals surface area (Å²) in [7, 11) is 1.85. The van der Waals surface area contributed by atoms with E-state index in [1.54, 1.807) is 28.9 Å².